The van der Waals surface area contributed by atoms with Crippen molar-refractivity contribution in [1.82, 2.24) is 4.90 Å². The standard InChI is InChI=1S/C31H29Cl2F4NO4S/c32-22-7-11-27(29(33)18-22)28-4-1-3-21-17-24(42-43(39,40)31(35,36)37)10-12-26(21)30(28)20-5-8-23(9-6-20)41-25-13-16-38(19-25)15-2-14-34/h5-12,17-18,25H,1-4,13-16,19H2. The molecule has 0 spiro atoms. The van der Waals surface area contributed by atoms with Crippen LogP contribution >= 0.6 is 23.2 Å². The minimum Gasteiger partial charge on any atom is -0.489 e. The van der Waals surface area contributed by atoms with Gasteiger partial charge in [-0.15, -0.1) is 0 Å². The molecular weight excluding hydrogens is 629 g/mol. The van der Waals surface area contributed by atoms with Crippen LogP contribution in [-0.4, -0.2) is 51.2 Å². The number of likely N-dealkylation sites (tertiary alicyclic amines) is 1. The molecule has 1 atom stereocenters. The molecule has 1 aliphatic heterocycles. The Bertz CT molecular complexity index is 1610. The van der Waals surface area contributed by atoms with Gasteiger partial charge in [0.1, 0.15) is 17.6 Å². The van der Waals surface area contributed by atoms with Crippen molar-refractivity contribution in [3.8, 4) is 11.5 Å². The van der Waals surface area contributed by atoms with Gasteiger partial charge in [0.15, 0.2) is 0 Å². The molecule has 3 aromatic carbocycles. The Morgan fingerprint density at radius 1 is 0.930 bits per heavy atom. The van der Waals surface area contributed by atoms with Crippen LogP contribution in [0.5, 0.6) is 11.5 Å². The minimum absolute atomic E-state index is 0.00174. The summed E-state index contributed by atoms with van der Waals surface area (Å²) in [5, 5.41) is 0.937. The summed E-state index contributed by atoms with van der Waals surface area (Å²) in [6.45, 7) is 1.95. The Morgan fingerprint density at radius 3 is 2.35 bits per heavy atom. The van der Waals surface area contributed by atoms with Crippen LogP contribution in [0.2, 0.25) is 10.0 Å². The summed E-state index contributed by atoms with van der Waals surface area (Å²) in [5.74, 6) is 0.270. The molecule has 0 aromatic heterocycles. The molecular formula is C31H29Cl2F4NO4S. The van der Waals surface area contributed by atoms with Crippen LogP contribution in [-0.2, 0) is 16.5 Å². The third-order valence-electron chi connectivity index (χ3n) is 7.55. The second-order valence-electron chi connectivity index (χ2n) is 10.5. The zero-order valence-electron chi connectivity index (χ0n) is 23.0. The predicted octanol–water partition coefficient (Wildman–Crippen LogP) is 8.33. The molecule has 0 radical (unpaired) electrons. The predicted molar refractivity (Wildman–Crippen MR) is 160 cm³/mol. The van der Waals surface area contributed by atoms with Crippen molar-refractivity contribution in [3.05, 3.63) is 93.0 Å². The summed E-state index contributed by atoms with van der Waals surface area (Å²) >= 11 is 12.8. The molecule has 5 rings (SSSR count). The number of rotatable bonds is 9. The fourth-order valence-electron chi connectivity index (χ4n) is 5.60. The van der Waals surface area contributed by atoms with E-state index in [4.69, 9.17) is 27.9 Å². The molecule has 0 bridgehead atoms. The lowest BCUT2D eigenvalue weighted by atomic mass is 9.88. The number of benzene rings is 3. The Labute approximate surface area is 258 Å². The summed E-state index contributed by atoms with van der Waals surface area (Å²) in [5.41, 5.74) is -0.847. The van der Waals surface area contributed by atoms with Crippen molar-refractivity contribution in [2.24, 2.45) is 0 Å². The van der Waals surface area contributed by atoms with Gasteiger partial charge in [-0.1, -0.05) is 47.5 Å². The Hall–Kier alpha value is -2.79. The normalized spacial score (nSPS) is 18.0. The van der Waals surface area contributed by atoms with Crippen LogP contribution in [0.1, 0.15) is 47.9 Å². The molecule has 1 aliphatic carbocycles. The second-order valence-corrected chi connectivity index (χ2v) is 12.9. The Morgan fingerprint density at radius 2 is 1.65 bits per heavy atom. The van der Waals surface area contributed by atoms with E-state index in [2.05, 4.69) is 9.08 Å². The molecule has 0 amide bonds. The maximum absolute atomic E-state index is 13.0. The van der Waals surface area contributed by atoms with Gasteiger partial charge in [0.25, 0.3) is 0 Å². The van der Waals surface area contributed by atoms with E-state index in [1.54, 1.807) is 18.2 Å². The molecule has 230 valence electrons. The third-order valence-corrected chi connectivity index (χ3v) is 9.08. The maximum Gasteiger partial charge on any atom is 0.534 e. The highest BCUT2D eigenvalue weighted by Crippen LogP contribution is 2.43. The SMILES string of the molecule is O=S(=O)(Oc1ccc2c(c1)CCCC(c1ccc(Cl)cc1Cl)=C2c1ccc(OC2CCN(CCCF)C2)cc1)C(F)(F)F. The zero-order chi connectivity index (χ0) is 30.8. The molecule has 12 heteroatoms. The molecule has 0 N–H and O–H groups in total. The van der Waals surface area contributed by atoms with Crippen molar-refractivity contribution in [3.63, 3.8) is 0 Å². The van der Waals surface area contributed by atoms with Crippen LogP contribution in [0.25, 0.3) is 11.1 Å². The van der Waals surface area contributed by atoms with Crippen LogP contribution in [0.4, 0.5) is 17.6 Å². The largest absolute Gasteiger partial charge is 0.534 e. The first-order valence-corrected chi connectivity index (χ1v) is 16.0. The highest BCUT2D eigenvalue weighted by Gasteiger charge is 2.48. The Kier molecular flexibility index (Phi) is 9.61. The van der Waals surface area contributed by atoms with Gasteiger partial charge in [-0.05, 0) is 102 Å². The summed E-state index contributed by atoms with van der Waals surface area (Å²) in [6, 6.07) is 16.9. The smallest absolute Gasteiger partial charge is 0.489 e. The number of aryl methyl sites for hydroxylation is 1. The molecule has 5 nitrogen and oxygen atoms in total. The van der Waals surface area contributed by atoms with Gasteiger partial charge in [-0.2, -0.15) is 21.6 Å². The van der Waals surface area contributed by atoms with E-state index in [1.807, 2.05) is 30.3 Å². The van der Waals surface area contributed by atoms with Crippen molar-refractivity contribution >= 4 is 44.5 Å². The summed E-state index contributed by atoms with van der Waals surface area (Å²) < 4.78 is 85.4. The number of halogens is 6. The zero-order valence-corrected chi connectivity index (χ0v) is 25.3. The maximum atomic E-state index is 13.0. The van der Waals surface area contributed by atoms with Crippen LogP contribution < -0.4 is 8.92 Å². The molecule has 1 unspecified atom stereocenters. The molecule has 1 heterocycles. The van der Waals surface area contributed by atoms with Gasteiger partial charge >= 0.3 is 15.6 Å². The van der Waals surface area contributed by atoms with E-state index in [9.17, 15) is 26.0 Å². The van der Waals surface area contributed by atoms with Gasteiger partial charge in [0.2, 0.25) is 0 Å². The van der Waals surface area contributed by atoms with Gasteiger partial charge in [-0.3, -0.25) is 9.29 Å². The molecule has 1 saturated heterocycles. The van der Waals surface area contributed by atoms with E-state index in [0.717, 1.165) is 47.3 Å². The summed E-state index contributed by atoms with van der Waals surface area (Å²) in [4.78, 5) is 2.19. The van der Waals surface area contributed by atoms with Crippen molar-refractivity contribution < 1.29 is 34.9 Å². The highest BCUT2D eigenvalue weighted by molar-refractivity contribution is 7.88. The van der Waals surface area contributed by atoms with Crippen molar-refractivity contribution in [1.29, 1.82) is 0 Å². The Balaban J connectivity index is 1.51. The number of hydrogen-bond donors (Lipinski definition) is 0. The van der Waals surface area contributed by atoms with E-state index in [-0.39, 0.29) is 12.8 Å². The molecule has 43 heavy (non-hydrogen) atoms. The average Bonchev–Trinajstić information content (AvgIpc) is 3.30. The first-order chi connectivity index (χ1) is 20.4. The van der Waals surface area contributed by atoms with Gasteiger partial charge < -0.3 is 8.92 Å². The highest BCUT2D eigenvalue weighted by atomic mass is 35.5. The molecule has 2 aliphatic rings. The van der Waals surface area contributed by atoms with E-state index in [1.165, 1.54) is 12.1 Å². The number of alkyl halides is 4. The molecule has 1 fully saturated rings. The van der Waals surface area contributed by atoms with Gasteiger partial charge in [0.05, 0.1) is 6.67 Å². The van der Waals surface area contributed by atoms with Crippen LogP contribution in [0.3, 0.4) is 0 Å². The van der Waals surface area contributed by atoms with Crippen molar-refractivity contribution in [2.75, 3.05) is 26.3 Å². The number of nitrogens with zero attached hydrogens (tertiary/aromatic N) is 1. The number of fused-ring (bicyclic) bond motifs is 1. The quantitative estimate of drug-likeness (QED) is 0.132. The fourth-order valence-corrected chi connectivity index (χ4v) is 6.57. The first kappa shape index (κ1) is 31.6. The monoisotopic (exact) mass is 657 g/mol. The third kappa shape index (κ3) is 7.30. The van der Waals surface area contributed by atoms with Crippen LogP contribution in [0.15, 0.2) is 60.7 Å². The number of hydrogen-bond acceptors (Lipinski definition) is 5. The van der Waals surface area contributed by atoms with E-state index >= 15 is 0 Å². The minimum atomic E-state index is -5.81. The van der Waals surface area contributed by atoms with Gasteiger partial charge in [0, 0.05) is 29.7 Å². The molecule has 0 saturated carbocycles. The van der Waals surface area contributed by atoms with Gasteiger partial charge in [-0.25, -0.2) is 0 Å². The van der Waals surface area contributed by atoms with Crippen LogP contribution in [0, 0.1) is 0 Å². The van der Waals surface area contributed by atoms with E-state index < -0.39 is 21.4 Å². The summed E-state index contributed by atoms with van der Waals surface area (Å²) in [6.07, 6.45) is 3.04. The van der Waals surface area contributed by atoms with Crippen molar-refractivity contribution in [2.45, 2.75) is 43.7 Å². The van der Waals surface area contributed by atoms with E-state index in [0.29, 0.717) is 53.6 Å². The lowest BCUT2D eigenvalue weighted by molar-refractivity contribution is -0.0500. The first-order valence-electron chi connectivity index (χ1n) is 13.8. The number of allylic oxidation sites excluding steroid dienone is 1. The molecule has 3 aromatic rings. The average molecular weight is 659 g/mol. The second kappa shape index (κ2) is 13.1. The number of ether oxygens (including phenoxy) is 1. The topological polar surface area (TPSA) is 55.8 Å². The lowest BCUT2D eigenvalue weighted by Gasteiger charge is -2.19. The lowest BCUT2D eigenvalue weighted by Crippen LogP contribution is -2.28. The fraction of sp³-hybridized carbons (Fsp3) is 0.355. The summed E-state index contributed by atoms with van der Waals surface area (Å²) in [7, 11) is -5.81.